The minimum atomic E-state index is -1.10. The van der Waals surface area contributed by atoms with Crippen molar-refractivity contribution in [2.24, 2.45) is 0 Å². The lowest BCUT2D eigenvalue weighted by Gasteiger charge is -2.08. The van der Waals surface area contributed by atoms with Gasteiger partial charge in [0, 0.05) is 48.2 Å². The van der Waals surface area contributed by atoms with Gasteiger partial charge in [-0.3, -0.25) is 9.97 Å². The highest BCUT2D eigenvalue weighted by molar-refractivity contribution is 5.85. The fraction of sp³-hybridized carbons (Fsp3) is 0. The number of rotatable bonds is 4. The predicted octanol–water partition coefficient (Wildman–Crippen LogP) is 2.48. The Morgan fingerprint density at radius 3 is 2.50 bits per heavy atom. The van der Waals surface area contributed by atoms with E-state index < -0.39 is 5.97 Å². The van der Waals surface area contributed by atoms with E-state index >= 15 is 0 Å². The number of hydrogen-bond donors (Lipinski definition) is 1. The summed E-state index contributed by atoms with van der Waals surface area (Å²) in [5.74, 6) is -0.158. The highest BCUT2D eigenvalue weighted by Crippen LogP contribution is 2.23. The van der Waals surface area contributed by atoms with E-state index in [0.29, 0.717) is 17.3 Å². The normalized spacial score (nSPS) is 10.6. The van der Waals surface area contributed by atoms with Crippen LogP contribution in [-0.4, -0.2) is 40.8 Å². The van der Waals surface area contributed by atoms with Crippen molar-refractivity contribution in [3.63, 3.8) is 0 Å². The number of carbonyl (C=O) groups is 1. The molecule has 4 aromatic heterocycles. The number of aromatic carboxylic acids is 1. The van der Waals surface area contributed by atoms with Crippen LogP contribution >= 0.6 is 0 Å². The molecule has 8 nitrogen and oxygen atoms in total. The van der Waals surface area contributed by atoms with Gasteiger partial charge in [-0.05, 0) is 30.3 Å². The number of aromatic nitrogens is 6. The molecular weight excluding hydrogens is 332 g/mol. The Morgan fingerprint density at radius 1 is 0.962 bits per heavy atom. The van der Waals surface area contributed by atoms with Gasteiger partial charge in [-0.1, -0.05) is 0 Å². The molecule has 0 unspecified atom stereocenters. The first kappa shape index (κ1) is 15.6. The highest BCUT2D eigenvalue weighted by Gasteiger charge is 2.13. The monoisotopic (exact) mass is 344 g/mol. The van der Waals surface area contributed by atoms with Gasteiger partial charge in [0.15, 0.2) is 17.3 Å². The standard InChI is InChI=1S/C18H12N6O2/c25-18(26)14-5-9-24(23-14)16-10-15(13-2-1-6-20-11-13)21-17(22-16)12-3-7-19-8-4-12/h1-11H,(H,25,26). The number of carboxylic acid groups (broad SMARTS) is 1. The van der Waals surface area contributed by atoms with Crippen molar-refractivity contribution in [3.8, 4) is 28.5 Å². The number of nitrogens with zero attached hydrogens (tertiary/aromatic N) is 6. The van der Waals surface area contributed by atoms with Gasteiger partial charge < -0.3 is 5.11 Å². The molecule has 0 atom stereocenters. The molecule has 0 spiro atoms. The molecule has 26 heavy (non-hydrogen) atoms. The van der Waals surface area contributed by atoms with Gasteiger partial charge in [0.05, 0.1) is 5.69 Å². The summed E-state index contributed by atoms with van der Waals surface area (Å²) in [6.07, 6.45) is 8.25. The molecule has 0 bridgehead atoms. The topological polar surface area (TPSA) is 107 Å². The average molecular weight is 344 g/mol. The molecule has 0 amide bonds. The van der Waals surface area contributed by atoms with Crippen LogP contribution in [0.1, 0.15) is 10.5 Å². The second-order valence-electron chi connectivity index (χ2n) is 5.36. The molecule has 0 aliphatic heterocycles. The van der Waals surface area contributed by atoms with E-state index in [2.05, 4.69) is 25.0 Å². The Labute approximate surface area is 147 Å². The lowest BCUT2D eigenvalue weighted by atomic mass is 10.2. The van der Waals surface area contributed by atoms with Crippen LogP contribution < -0.4 is 0 Å². The molecule has 0 fully saturated rings. The van der Waals surface area contributed by atoms with Crippen LogP contribution in [0.25, 0.3) is 28.5 Å². The second-order valence-corrected chi connectivity index (χ2v) is 5.36. The van der Waals surface area contributed by atoms with Gasteiger partial charge in [0.2, 0.25) is 0 Å². The van der Waals surface area contributed by atoms with Crippen LogP contribution in [0.2, 0.25) is 0 Å². The Balaban J connectivity index is 1.89. The van der Waals surface area contributed by atoms with Crippen LogP contribution in [0.5, 0.6) is 0 Å². The number of hydrogen-bond acceptors (Lipinski definition) is 6. The minimum absolute atomic E-state index is 0.0583. The molecule has 4 heterocycles. The van der Waals surface area contributed by atoms with Gasteiger partial charge in [0.25, 0.3) is 0 Å². The summed E-state index contributed by atoms with van der Waals surface area (Å²) in [4.78, 5) is 28.4. The smallest absolute Gasteiger partial charge is 0.356 e. The molecule has 0 aromatic carbocycles. The summed E-state index contributed by atoms with van der Waals surface area (Å²) in [7, 11) is 0. The van der Waals surface area contributed by atoms with Crippen LogP contribution in [0.15, 0.2) is 67.4 Å². The first-order chi connectivity index (χ1) is 12.7. The van der Waals surface area contributed by atoms with Crippen molar-refractivity contribution in [3.05, 3.63) is 73.1 Å². The van der Waals surface area contributed by atoms with Crippen LogP contribution in [0.4, 0.5) is 0 Å². The fourth-order valence-corrected chi connectivity index (χ4v) is 2.41. The van der Waals surface area contributed by atoms with E-state index in [9.17, 15) is 4.79 Å². The Kier molecular flexibility index (Phi) is 3.91. The summed E-state index contributed by atoms with van der Waals surface area (Å²) in [6, 6.07) is 10.5. The summed E-state index contributed by atoms with van der Waals surface area (Å²) in [5, 5.41) is 13.1. The molecule has 126 valence electrons. The fourth-order valence-electron chi connectivity index (χ4n) is 2.41. The number of carboxylic acids is 1. The SMILES string of the molecule is O=C(O)c1ccn(-c2cc(-c3cccnc3)nc(-c3ccncc3)n2)n1. The lowest BCUT2D eigenvalue weighted by Crippen LogP contribution is -2.05. The molecule has 0 radical (unpaired) electrons. The summed E-state index contributed by atoms with van der Waals surface area (Å²) in [5.41, 5.74) is 2.20. The van der Waals surface area contributed by atoms with Crippen molar-refractivity contribution in [2.75, 3.05) is 0 Å². The van der Waals surface area contributed by atoms with Crippen molar-refractivity contribution in [1.29, 1.82) is 0 Å². The summed E-state index contributed by atoms with van der Waals surface area (Å²) < 4.78 is 1.41. The third kappa shape index (κ3) is 3.03. The van der Waals surface area contributed by atoms with E-state index in [1.807, 2.05) is 12.1 Å². The molecular formula is C18H12N6O2. The Hall–Kier alpha value is -3.94. The predicted molar refractivity (Wildman–Crippen MR) is 92.6 cm³/mol. The molecule has 0 saturated heterocycles. The lowest BCUT2D eigenvalue weighted by molar-refractivity contribution is 0.0690. The van der Waals surface area contributed by atoms with Crippen LogP contribution in [0.3, 0.4) is 0 Å². The highest BCUT2D eigenvalue weighted by atomic mass is 16.4. The first-order valence-electron chi connectivity index (χ1n) is 7.70. The van der Waals surface area contributed by atoms with E-state index in [0.717, 1.165) is 11.1 Å². The van der Waals surface area contributed by atoms with Gasteiger partial charge in [-0.25, -0.2) is 19.4 Å². The van der Waals surface area contributed by atoms with Crippen molar-refractivity contribution in [2.45, 2.75) is 0 Å². The third-order valence-electron chi connectivity index (χ3n) is 3.65. The summed E-state index contributed by atoms with van der Waals surface area (Å²) >= 11 is 0. The second kappa shape index (κ2) is 6.52. The molecule has 4 aromatic rings. The maximum Gasteiger partial charge on any atom is 0.356 e. The quantitative estimate of drug-likeness (QED) is 0.606. The molecule has 0 saturated carbocycles. The first-order valence-corrected chi connectivity index (χ1v) is 7.70. The largest absolute Gasteiger partial charge is 0.476 e. The third-order valence-corrected chi connectivity index (χ3v) is 3.65. The molecule has 0 aliphatic carbocycles. The Morgan fingerprint density at radius 2 is 1.81 bits per heavy atom. The van der Waals surface area contributed by atoms with E-state index in [1.165, 1.54) is 10.7 Å². The van der Waals surface area contributed by atoms with E-state index in [1.54, 1.807) is 49.2 Å². The molecule has 8 heteroatoms. The Bertz CT molecular complexity index is 1010. The molecule has 1 N–H and O–H groups in total. The number of pyridine rings is 2. The van der Waals surface area contributed by atoms with Crippen LogP contribution in [0, 0.1) is 0 Å². The maximum absolute atomic E-state index is 11.1. The zero-order valence-corrected chi connectivity index (χ0v) is 13.4. The summed E-state index contributed by atoms with van der Waals surface area (Å²) in [6.45, 7) is 0. The minimum Gasteiger partial charge on any atom is -0.476 e. The van der Waals surface area contributed by atoms with Crippen LogP contribution in [-0.2, 0) is 0 Å². The van der Waals surface area contributed by atoms with Crippen molar-refractivity contribution < 1.29 is 9.90 Å². The van der Waals surface area contributed by atoms with Gasteiger partial charge in [0.1, 0.15) is 0 Å². The van der Waals surface area contributed by atoms with Gasteiger partial charge in [-0.2, -0.15) is 5.10 Å². The van der Waals surface area contributed by atoms with E-state index in [-0.39, 0.29) is 5.69 Å². The zero-order chi connectivity index (χ0) is 17.9. The van der Waals surface area contributed by atoms with Crippen molar-refractivity contribution in [1.82, 2.24) is 29.7 Å². The van der Waals surface area contributed by atoms with Gasteiger partial charge >= 0.3 is 5.97 Å². The van der Waals surface area contributed by atoms with Gasteiger partial charge in [-0.15, -0.1) is 0 Å². The van der Waals surface area contributed by atoms with E-state index in [4.69, 9.17) is 5.11 Å². The average Bonchev–Trinajstić information content (AvgIpc) is 3.20. The molecule has 0 aliphatic rings. The zero-order valence-electron chi connectivity index (χ0n) is 13.4. The molecule has 4 rings (SSSR count). The maximum atomic E-state index is 11.1. The van der Waals surface area contributed by atoms with Crippen molar-refractivity contribution >= 4 is 5.97 Å².